The number of aliphatic hydroxyl groups excluding tert-OH is 1. The van der Waals surface area contributed by atoms with Crippen LogP contribution in [0.5, 0.6) is 0 Å². The molecular weight excluding hydrogens is 260 g/mol. The number of hydrogen-bond donors (Lipinski definition) is 2. The monoisotopic (exact) mass is 267 g/mol. The lowest BCUT2D eigenvalue weighted by molar-refractivity contribution is 0.267. The van der Waals surface area contributed by atoms with Crippen molar-refractivity contribution in [3.8, 4) is 0 Å². The smallest absolute Gasteiger partial charge is 0.156 e. The Morgan fingerprint density at radius 3 is 2.77 bits per heavy atom. The van der Waals surface area contributed by atoms with E-state index in [1.54, 1.807) is 6.07 Å². The summed E-state index contributed by atoms with van der Waals surface area (Å²) in [5.41, 5.74) is 6.03. The van der Waals surface area contributed by atoms with Gasteiger partial charge in [-0.15, -0.1) is 0 Å². The molecule has 0 aromatic heterocycles. The first-order valence-electron chi connectivity index (χ1n) is 3.57. The molecule has 0 saturated carbocycles. The van der Waals surface area contributed by atoms with E-state index in [-0.39, 0.29) is 16.1 Å². The number of nitrogens with two attached hydrogens (primary N) is 1. The minimum atomic E-state index is -0.596. The largest absolute Gasteiger partial charge is 0.394 e. The van der Waals surface area contributed by atoms with Crippen molar-refractivity contribution in [2.24, 2.45) is 5.73 Å². The summed E-state index contributed by atoms with van der Waals surface area (Å²) in [5, 5.41) is 8.80. The average molecular weight is 269 g/mol. The summed E-state index contributed by atoms with van der Waals surface area (Å²) in [6.07, 6.45) is 0. The quantitative estimate of drug-likeness (QED) is 0.808. The second-order valence-corrected chi connectivity index (χ2v) is 3.75. The fourth-order valence-electron chi connectivity index (χ4n) is 0.926. The van der Waals surface area contributed by atoms with Crippen molar-refractivity contribution in [3.05, 3.63) is 33.0 Å². The van der Waals surface area contributed by atoms with Crippen LogP contribution in [0, 0.1) is 5.82 Å². The van der Waals surface area contributed by atoms with Crippen LogP contribution in [-0.4, -0.2) is 11.7 Å². The molecule has 0 saturated heterocycles. The Bertz CT molecular complexity index is 321. The number of rotatable bonds is 2. The van der Waals surface area contributed by atoms with E-state index in [1.807, 2.05) is 0 Å². The molecule has 0 unspecified atom stereocenters. The average Bonchev–Trinajstić information content (AvgIpc) is 2.13. The van der Waals surface area contributed by atoms with Gasteiger partial charge in [-0.25, -0.2) is 4.39 Å². The fraction of sp³-hybridized carbons (Fsp3) is 0.250. The van der Waals surface area contributed by atoms with Gasteiger partial charge in [-0.3, -0.25) is 0 Å². The van der Waals surface area contributed by atoms with Crippen LogP contribution in [-0.2, 0) is 0 Å². The standard InChI is InChI=1S/C8H8BrClFNO/c9-7-4(6(12)3-13)1-2-5(10)8(7)11/h1-2,6,13H,3,12H2/t6-/m1/s1. The van der Waals surface area contributed by atoms with Gasteiger partial charge in [0, 0.05) is 0 Å². The molecule has 2 nitrogen and oxygen atoms in total. The number of halogens is 3. The molecule has 0 amide bonds. The third-order valence-electron chi connectivity index (χ3n) is 1.66. The Balaban J connectivity index is 3.18. The molecule has 0 fully saturated rings. The van der Waals surface area contributed by atoms with E-state index in [4.69, 9.17) is 22.4 Å². The molecule has 5 heteroatoms. The second kappa shape index (κ2) is 4.37. The van der Waals surface area contributed by atoms with Crippen LogP contribution in [0.1, 0.15) is 11.6 Å². The van der Waals surface area contributed by atoms with Crippen LogP contribution in [0.25, 0.3) is 0 Å². The minimum absolute atomic E-state index is 0.0285. The third kappa shape index (κ3) is 2.20. The lowest BCUT2D eigenvalue weighted by atomic mass is 10.1. The molecule has 1 aromatic carbocycles. The van der Waals surface area contributed by atoms with Crippen molar-refractivity contribution in [3.63, 3.8) is 0 Å². The molecule has 0 aliphatic rings. The fourth-order valence-corrected chi connectivity index (χ4v) is 1.84. The summed E-state index contributed by atoms with van der Waals surface area (Å²) in [7, 11) is 0. The summed E-state index contributed by atoms with van der Waals surface area (Å²) in [4.78, 5) is 0. The van der Waals surface area contributed by atoms with Gasteiger partial charge in [-0.05, 0) is 27.6 Å². The molecule has 0 bridgehead atoms. The summed E-state index contributed by atoms with van der Waals surface area (Å²) < 4.78 is 13.4. The Morgan fingerprint density at radius 1 is 1.62 bits per heavy atom. The number of aliphatic hydroxyl groups is 1. The van der Waals surface area contributed by atoms with Crippen LogP contribution in [0.3, 0.4) is 0 Å². The van der Waals surface area contributed by atoms with Crippen molar-refractivity contribution in [2.75, 3.05) is 6.61 Å². The van der Waals surface area contributed by atoms with Crippen molar-refractivity contribution >= 4 is 27.5 Å². The predicted octanol–water partition coefficient (Wildman–Crippen LogP) is 2.23. The SMILES string of the molecule is N[C@H](CO)c1ccc(Cl)c(F)c1Br. The first-order valence-corrected chi connectivity index (χ1v) is 4.75. The molecule has 0 spiro atoms. The van der Waals surface area contributed by atoms with Gasteiger partial charge >= 0.3 is 0 Å². The molecular formula is C8H8BrClFNO. The first kappa shape index (κ1) is 10.9. The van der Waals surface area contributed by atoms with Crippen LogP contribution < -0.4 is 5.73 Å². The highest BCUT2D eigenvalue weighted by Crippen LogP contribution is 2.29. The summed E-state index contributed by atoms with van der Waals surface area (Å²) in [6.45, 7) is -0.236. The predicted molar refractivity (Wildman–Crippen MR) is 53.1 cm³/mol. The third-order valence-corrected chi connectivity index (χ3v) is 2.76. The van der Waals surface area contributed by atoms with Gasteiger partial charge in [0.25, 0.3) is 0 Å². The van der Waals surface area contributed by atoms with Gasteiger partial charge in [-0.2, -0.15) is 0 Å². The summed E-state index contributed by atoms with van der Waals surface area (Å²) in [5.74, 6) is -0.553. The van der Waals surface area contributed by atoms with E-state index in [2.05, 4.69) is 15.9 Å². The molecule has 0 radical (unpaired) electrons. The van der Waals surface area contributed by atoms with Gasteiger partial charge in [0.2, 0.25) is 0 Å². The Labute approximate surface area is 88.6 Å². The lowest BCUT2D eigenvalue weighted by Gasteiger charge is -2.11. The zero-order chi connectivity index (χ0) is 10.0. The lowest BCUT2D eigenvalue weighted by Crippen LogP contribution is -2.15. The van der Waals surface area contributed by atoms with Crippen LogP contribution in [0.4, 0.5) is 4.39 Å². The molecule has 0 aliphatic carbocycles. The van der Waals surface area contributed by atoms with Gasteiger partial charge < -0.3 is 10.8 Å². The zero-order valence-corrected chi connectivity index (χ0v) is 8.94. The van der Waals surface area contributed by atoms with Gasteiger partial charge in [0.1, 0.15) is 0 Å². The highest BCUT2D eigenvalue weighted by atomic mass is 79.9. The van der Waals surface area contributed by atoms with Crippen LogP contribution in [0.15, 0.2) is 16.6 Å². The molecule has 1 aromatic rings. The topological polar surface area (TPSA) is 46.2 Å². The van der Waals surface area contributed by atoms with Crippen molar-refractivity contribution in [1.82, 2.24) is 0 Å². The summed E-state index contributed by atoms with van der Waals surface area (Å²) in [6, 6.07) is 2.39. The summed E-state index contributed by atoms with van der Waals surface area (Å²) >= 11 is 8.55. The molecule has 0 heterocycles. The van der Waals surface area contributed by atoms with E-state index >= 15 is 0 Å². The van der Waals surface area contributed by atoms with Crippen molar-refractivity contribution in [1.29, 1.82) is 0 Å². The maximum Gasteiger partial charge on any atom is 0.156 e. The maximum absolute atomic E-state index is 13.2. The second-order valence-electron chi connectivity index (χ2n) is 2.55. The van der Waals surface area contributed by atoms with E-state index in [9.17, 15) is 4.39 Å². The van der Waals surface area contributed by atoms with E-state index < -0.39 is 11.9 Å². The Morgan fingerprint density at radius 2 is 2.23 bits per heavy atom. The molecule has 0 aliphatic heterocycles. The van der Waals surface area contributed by atoms with Gasteiger partial charge in [0.05, 0.1) is 22.1 Å². The number of benzene rings is 1. The molecule has 72 valence electrons. The normalized spacial score (nSPS) is 13.0. The Hall–Kier alpha value is -0.160. The molecule has 1 atom stereocenters. The van der Waals surface area contributed by atoms with E-state index in [0.29, 0.717) is 5.56 Å². The zero-order valence-electron chi connectivity index (χ0n) is 6.60. The van der Waals surface area contributed by atoms with E-state index in [0.717, 1.165) is 0 Å². The minimum Gasteiger partial charge on any atom is -0.394 e. The highest BCUT2D eigenvalue weighted by Gasteiger charge is 2.14. The Kier molecular flexibility index (Phi) is 3.67. The van der Waals surface area contributed by atoms with Crippen molar-refractivity contribution < 1.29 is 9.50 Å². The number of hydrogen-bond acceptors (Lipinski definition) is 2. The molecule has 1 rings (SSSR count). The van der Waals surface area contributed by atoms with Gasteiger partial charge in [-0.1, -0.05) is 17.7 Å². The van der Waals surface area contributed by atoms with E-state index in [1.165, 1.54) is 6.07 Å². The van der Waals surface area contributed by atoms with Crippen molar-refractivity contribution in [2.45, 2.75) is 6.04 Å². The molecule has 3 N–H and O–H groups in total. The van der Waals surface area contributed by atoms with Crippen LogP contribution >= 0.6 is 27.5 Å². The highest BCUT2D eigenvalue weighted by molar-refractivity contribution is 9.10. The van der Waals surface area contributed by atoms with Gasteiger partial charge in [0.15, 0.2) is 5.82 Å². The van der Waals surface area contributed by atoms with Crippen LogP contribution in [0.2, 0.25) is 5.02 Å². The molecule has 13 heavy (non-hydrogen) atoms. The maximum atomic E-state index is 13.2. The first-order chi connectivity index (χ1) is 6.07.